The Kier molecular flexibility index (Phi) is 5.91. The van der Waals surface area contributed by atoms with Crippen molar-refractivity contribution >= 4 is 35.2 Å². The SMILES string of the molecule is COc1cc(/C=C2\C(=O)NN(c3cccc(Cl)c3)C2=O)ccc1OCc1ccccc1. The number of hydrazine groups is 1. The molecule has 3 aromatic carbocycles. The van der Waals surface area contributed by atoms with Crippen LogP contribution >= 0.6 is 11.6 Å². The number of ether oxygens (including phenoxy) is 2. The van der Waals surface area contributed by atoms with E-state index in [1.54, 1.807) is 42.5 Å². The Hall–Kier alpha value is -3.77. The van der Waals surface area contributed by atoms with Gasteiger partial charge in [0.15, 0.2) is 11.5 Å². The molecule has 0 atom stereocenters. The maximum Gasteiger partial charge on any atom is 0.282 e. The van der Waals surface area contributed by atoms with Crippen LogP contribution in [0.15, 0.2) is 78.4 Å². The van der Waals surface area contributed by atoms with Gasteiger partial charge in [0.2, 0.25) is 0 Å². The summed E-state index contributed by atoms with van der Waals surface area (Å²) in [5.41, 5.74) is 4.72. The number of anilines is 1. The number of nitrogens with zero attached hydrogens (tertiary/aromatic N) is 1. The van der Waals surface area contributed by atoms with E-state index in [4.69, 9.17) is 21.1 Å². The molecule has 1 aliphatic rings. The molecule has 7 heteroatoms. The van der Waals surface area contributed by atoms with Crippen molar-refractivity contribution in [3.8, 4) is 11.5 Å². The van der Waals surface area contributed by atoms with Crippen LogP contribution in [0.4, 0.5) is 5.69 Å². The summed E-state index contributed by atoms with van der Waals surface area (Å²) in [6.07, 6.45) is 1.52. The molecule has 3 aromatic rings. The molecule has 1 N–H and O–H groups in total. The van der Waals surface area contributed by atoms with Gasteiger partial charge >= 0.3 is 0 Å². The molecular weight excluding hydrogens is 416 g/mol. The topological polar surface area (TPSA) is 67.9 Å². The second-order valence-electron chi connectivity index (χ2n) is 6.80. The van der Waals surface area contributed by atoms with E-state index in [0.717, 1.165) is 5.56 Å². The Morgan fingerprint density at radius 1 is 0.968 bits per heavy atom. The number of methoxy groups -OCH3 is 1. The molecule has 6 nitrogen and oxygen atoms in total. The van der Waals surface area contributed by atoms with E-state index in [1.165, 1.54) is 18.2 Å². The molecule has 0 radical (unpaired) electrons. The van der Waals surface area contributed by atoms with Crippen LogP contribution in [0.5, 0.6) is 11.5 Å². The van der Waals surface area contributed by atoms with Gasteiger partial charge < -0.3 is 9.47 Å². The van der Waals surface area contributed by atoms with E-state index in [2.05, 4.69) is 5.43 Å². The van der Waals surface area contributed by atoms with Crippen molar-refractivity contribution in [1.82, 2.24) is 5.43 Å². The number of carbonyl (C=O) groups excluding carboxylic acids is 2. The van der Waals surface area contributed by atoms with Gasteiger partial charge in [-0.2, -0.15) is 0 Å². The van der Waals surface area contributed by atoms with Gasteiger partial charge in [0.1, 0.15) is 12.2 Å². The van der Waals surface area contributed by atoms with Crippen LogP contribution in [0.2, 0.25) is 5.02 Å². The molecule has 1 saturated heterocycles. The second kappa shape index (κ2) is 8.93. The van der Waals surface area contributed by atoms with E-state index >= 15 is 0 Å². The number of hydrogen-bond acceptors (Lipinski definition) is 4. The lowest BCUT2D eigenvalue weighted by Crippen LogP contribution is -2.35. The summed E-state index contributed by atoms with van der Waals surface area (Å²) in [5.74, 6) is 0.114. The minimum Gasteiger partial charge on any atom is -0.493 e. The van der Waals surface area contributed by atoms with Gasteiger partial charge in [-0.1, -0.05) is 54.1 Å². The summed E-state index contributed by atoms with van der Waals surface area (Å²) in [6, 6.07) is 21.7. The number of amides is 2. The van der Waals surface area contributed by atoms with Crippen LogP contribution in [-0.4, -0.2) is 18.9 Å². The van der Waals surface area contributed by atoms with Gasteiger partial charge in [0.05, 0.1) is 12.8 Å². The molecule has 1 fully saturated rings. The Balaban J connectivity index is 1.55. The van der Waals surface area contributed by atoms with E-state index < -0.39 is 11.8 Å². The molecule has 1 aliphatic heterocycles. The van der Waals surface area contributed by atoms with Crippen LogP contribution in [0.1, 0.15) is 11.1 Å². The average Bonchev–Trinajstić information content (AvgIpc) is 3.07. The van der Waals surface area contributed by atoms with Crippen molar-refractivity contribution in [1.29, 1.82) is 0 Å². The molecule has 31 heavy (non-hydrogen) atoms. The Morgan fingerprint density at radius 2 is 1.77 bits per heavy atom. The van der Waals surface area contributed by atoms with Crippen molar-refractivity contribution in [2.45, 2.75) is 6.61 Å². The molecule has 0 aliphatic carbocycles. The number of hydrogen-bond donors (Lipinski definition) is 1. The molecule has 0 spiro atoms. The minimum absolute atomic E-state index is 0.0139. The highest BCUT2D eigenvalue weighted by Crippen LogP contribution is 2.31. The largest absolute Gasteiger partial charge is 0.493 e. The van der Waals surface area contributed by atoms with Crippen LogP contribution in [0.25, 0.3) is 6.08 Å². The third kappa shape index (κ3) is 4.54. The zero-order valence-corrected chi connectivity index (χ0v) is 17.4. The fourth-order valence-corrected chi connectivity index (χ4v) is 3.33. The summed E-state index contributed by atoms with van der Waals surface area (Å²) >= 11 is 6.00. The molecule has 0 saturated carbocycles. The number of nitrogens with one attached hydrogen (secondary N) is 1. The molecule has 0 bridgehead atoms. The zero-order chi connectivity index (χ0) is 21.8. The van der Waals surface area contributed by atoms with Crippen molar-refractivity contribution in [2.75, 3.05) is 12.1 Å². The standard InChI is InChI=1S/C24H19ClN2O4/c1-30-22-13-17(10-11-21(22)31-15-16-6-3-2-4-7-16)12-20-23(28)26-27(24(20)29)19-9-5-8-18(25)14-19/h2-14H,15H2,1H3,(H,26,28)/b20-12+. The lowest BCUT2D eigenvalue weighted by Gasteiger charge is -2.14. The summed E-state index contributed by atoms with van der Waals surface area (Å²) in [7, 11) is 1.54. The molecule has 0 unspecified atom stereocenters. The number of benzene rings is 3. The van der Waals surface area contributed by atoms with Gasteiger partial charge in [0.25, 0.3) is 11.8 Å². The van der Waals surface area contributed by atoms with Gasteiger partial charge in [-0.15, -0.1) is 0 Å². The van der Waals surface area contributed by atoms with E-state index in [-0.39, 0.29) is 5.57 Å². The minimum atomic E-state index is -0.492. The lowest BCUT2D eigenvalue weighted by atomic mass is 10.1. The maximum absolute atomic E-state index is 12.8. The third-order valence-corrected chi connectivity index (χ3v) is 4.93. The van der Waals surface area contributed by atoms with Crippen molar-refractivity contribution < 1.29 is 19.1 Å². The summed E-state index contributed by atoms with van der Waals surface area (Å²) in [5, 5.41) is 1.64. The van der Waals surface area contributed by atoms with Crippen LogP contribution in [0, 0.1) is 0 Å². The first kappa shape index (κ1) is 20.5. The van der Waals surface area contributed by atoms with Crippen LogP contribution in [0.3, 0.4) is 0 Å². The van der Waals surface area contributed by atoms with Crippen molar-refractivity contribution in [3.05, 3.63) is 94.5 Å². The molecule has 4 rings (SSSR count). The average molecular weight is 435 g/mol. The normalized spacial score (nSPS) is 14.6. The highest BCUT2D eigenvalue weighted by atomic mass is 35.5. The third-order valence-electron chi connectivity index (χ3n) is 4.69. The first-order chi connectivity index (χ1) is 15.0. The molecular formula is C24H19ClN2O4. The van der Waals surface area contributed by atoms with Gasteiger partial charge in [-0.25, -0.2) is 5.01 Å². The molecule has 1 heterocycles. The number of carbonyl (C=O) groups is 2. The lowest BCUT2D eigenvalue weighted by molar-refractivity contribution is -0.117. The van der Waals surface area contributed by atoms with Crippen LogP contribution in [-0.2, 0) is 16.2 Å². The smallest absolute Gasteiger partial charge is 0.282 e. The number of rotatable bonds is 6. The molecule has 2 amide bonds. The number of halogens is 1. The summed E-state index contributed by atoms with van der Waals surface area (Å²) < 4.78 is 11.3. The highest BCUT2D eigenvalue weighted by molar-refractivity contribution is 6.33. The van der Waals surface area contributed by atoms with Crippen molar-refractivity contribution in [2.24, 2.45) is 0 Å². The van der Waals surface area contributed by atoms with E-state index in [1.807, 2.05) is 30.3 Å². The summed E-state index contributed by atoms with van der Waals surface area (Å²) in [6.45, 7) is 0.396. The van der Waals surface area contributed by atoms with E-state index in [0.29, 0.717) is 34.4 Å². The van der Waals surface area contributed by atoms with Gasteiger partial charge in [-0.05, 0) is 47.5 Å². The first-order valence-corrected chi connectivity index (χ1v) is 9.90. The Bertz CT molecular complexity index is 1160. The zero-order valence-electron chi connectivity index (χ0n) is 16.7. The highest BCUT2D eigenvalue weighted by Gasteiger charge is 2.34. The second-order valence-corrected chi connectivity index (χ2v) is 7.24. The predicted molar refractivity (Wildman–Crippen MR) is 119 cm³/mol. The summed E-state index contributed by atoms with van der Waals surface area (Å²) in [4.78, 5) is 25.2. The molecule has 156 valence electrons. The van der Waals surface area contributed by atoms with Gasteiger partial charge in [0, 0.05) is 5.02 Å². The Labute approximate surface area is 184 Å². The fourth-order valence-electron chi connectivity index (χ4n) is 3.15. The van der Waals surface area contributed by atoms with Crippen LogP contribution < -0.4 is 19.9 Å². The monoisotopic (exact) mass is 434 g/mol. The van der Waals surface area contributed by atoms with Crippen molar-refractivity contribution in [3.63, 3.8) is 0 Å². The predicted octanol–water partition coefficient (Wildman–Crippen LogP) is 4.39. The van der Waals surface area contributed by atoms with E-state index in [9.17, 15) is 9.59 Å². The molecule has 0 aromatic heterocycles. The maximum atomic E-state index is 12.8. The first-order valence-electron chi connectivity index (χ1n) is 9.52. The fraction of sp³-hybridized carbons (Fsp3) is 0.0833. The quantitative estimate of drug-likeness (QED) is 0.461. The Morgan fingerprint density at radius 3 is 2.52 bits per heavy atom. The van der Waals surface area contributed by atoms with Gasteiger partial charge in [-0.3, -0.25) is 15.0 Å².